The number of nitro benzene ring substituents is 1. The van der Waals surface area contributed by atoms with E-state index in [1.165, 1.54) is 12.1 Å². The molecule has 5 heteroatoms. The van der Waals surface area contributed by atoms with Gasteiger partial charge in [-0.2, -0.15) is 0 Å². The Kier molecular flexibility index (Phi) is 3.73. The number of hydrogen-bond donors (Lipinski definition) is 1. The van der Waals surface area contributed by atoms with Gasteiger partial charge in [0.2, 0.25) is 0 Å². The summed E-state index contributed by atoms with van der Waals surface area (Å²) in [4.78, 5) is 23.1. The number of nitrogens with zero attached hydrogens (tertiary/aromatic N) is 1. The van der Waals surface area contributed by atoms with E-state index in [1.54, 1.807) is 18.2 Å². The van der Waals surface area contributed by atoms with Crippen LogP contribution in [-0.4, -0.2) is 10.7 Å². The van der Waals surface area contributed by atoms with E-state index in [0.29, 0.717) is 18.4 Å². The normalized spacial score (nSPS) is 20.2. The molecule has 0 aromatic heterocycles. The highest BCUT2D eigenvalue weighted by Gasteiger charge is 2.33. The zero-order valence-electron chi connectivity index (χ0n) is 11.9. The third-order valence-electron chi connectivity index (χ3n) is 4.25. The van der Waals surface area contributed by atoms with Crippen molar-refractivity contribution < 1.29 is 9.72 Å². The Morgan fingerprint density at radius 2 is 1.91 bits per heavy atom. The SMILES string of the molecule is NC1c2cc([N+](=O)[O-])ccc2CCC1C(=O)c1ccccc1. The number of hydrogen-bond acceptors (Lipinski definition) is 4. The lowest BCUT2D eigenvalue weighted by atomic mass is 9.76. The van der Waals surface area contributed by atoms with Crippen LogP contribution >= 0.6 is 0 Å². The molecule has 2 atom stereocenters. The molecule has 0 heterocycles. The number of benzene rings is 2. The zero-order valence-corrected chi connectivity index (χ0v) is 11.9. The first kappa shape index (κ1) is 14.4. The van der Waals surface area contributed by atoms with Gasteiger partial charge >= 0.3 is 0 Å². The number of carbonyl (C=O) groups excluding carboxylic acids is 1. The van der Waals surface area contributed by atoms with Gasteiger partial charge in [0, 0.05) is 29.7 Å². The predicted molar refractivity (Wildman–Crippen MR) is 82.6 cm³/mol. The van der Waals surface area contributed by atoms with Crippen molar-refractivity contribution in [3.05, 3.63) is 75.3 Å². The van der Waals surface area contributed by atoms with Gasteiger partial charge in [0.15, 0.2) is 5.78 Å². The number of nitrogens with two attached hydrogens (primary N) is 1. The van der Waals surface area contributed by atoms with Gasteiger partial charge < -0.3 is 5.73 Å². The van der Waals surface area contributed by atoms with E-state index < -0.39 is 11.0 Å². The Balaban J connectivity index is 1.93. The van der Waals surface area contributed by atoms with Gasteiger partial charge in [-0.05, 0) is 24.0 Å². The molecule has 22 heavy (non-hydrogen) atoms. The van der Waals surface area contributed by atoms with Crippen molar-refractivity contribution in [1.82, 2.24) is 0 Å². The van der Waals surface area contributed by atoms with E-state index in [2.05, 4.69) is 0 Å². The van der Waals surface area contributed by atoms with Gasteiger partial charge in [-0.1, -0.05) is 36.4 Å². The molecular formula is C17H16N2O3. The Morgan fingerprint density at radius 1 is 1.18 bits per heavy atom. The molecule has 0 radical (unpaired) electrons. The third-order valence-corrected chi connectivity index (χ3v) is 4.25. The van der Waals surface area contributed by atoms with Gasteiger partial charge in [0.1, 0.15) is 0 Å². The highest BCUT2D eigenvalue weighted by Crippen LogP contribution is 2.36. The van der Waals surface area contributed by atoms with Gasteiger partial charge in [-0.3, -0.25) is 14.9 Å². The predicted octanol–water partition coefficient (Wildman–Crippen LogP) is 3.04. The highest BCUT2D eigenvalue weighted by atomic mass is 16.6. The molecule has 1 aliphatic rings. The number of rotatable bonds is 3. The summed E-state index contributed by atoms with van der Waals surface area (Å²) >= 11 is 0. The number of fused-ring (bicyclic) bond motifs is 1. The fraction of sp³-hybridized carbons (Fsp3) is 0.235. The second-order valence-corrected chi connectivity index (χ2v) is 5.54. The summed E-state index contributed by atoms with van der Waals surface area (Å²) in [6, 6.07) is 13.3. The van der Waals surface area contributed by atoms with Crippen molar-refractivity contribution in [3.63, 3.8) is 0 Å². The van der Waals surface area contributed by atoms with Crippen molar-refractivity contribution >= 4 is 11.5 Å². The van der Waals surface area contributed by atoms with Crippen LogP contribution in [0.2, 0.25) is 0 Å². The quantitative estimate of drug-likeness (QED) is 0.536. The molecule has 0 saturated carbocycles. The molecular weight excluding hydrogens is 280 g/mol. The molecule has 5 nitrogen and oxygen atoms in total. The second kappa shape index (κ2) is 5.69. The van der Waals surface area contributed by atoms with Crippen LogP contribution in [0, 0.1) is 16.0 Å². The summed E-state index contributed by atoms with van der Waals surface area (Å²) in [6.07, 6.45) is 1.38. The van der Waals surface area contributed by atoms with Crippen molar-refractivity contribution in [1.29, 1.82) is 0 Å². The van der Waals surface area contributed by atoms with Crippen molar-refractivity contribution in [3.8, 4) is 0 Å². The molecule has 0 amide bonds. The average molecular weight is 296 g/mol. The molecule has 112 valence electrons. The summed E-state index contributed by atoms with van der Waals surface area (Å²) < 4.78 is 0. The maximum absolute atomic E-state index is 12.6. The van der Waals surface area contributed by atoms with Crippen LogP contribution in [0.1, 0.15) is 33.9 Å². The third kappa shape index (κ3) is 2.51. The second-order valence-electron chi connectivity index (χ2n) is 5.54. The summed E-state index contributed by atoms with van der Waals surface area (Å²) in [5.74, 6) is -0.331. The van der Waals surface area contributed by atoms with Crippen LogP contribution in [-0.2, 0) is 6.42 Å². The molecule has 2 aromatic rings. The maximum Gasteiger partial charge on any atom is 0.269 e. The van der Waals surface area contributed by atoms with Gasteiger partial charge in [-0.25, -0.2) is 0 Å². The Labute approximate surface area is 127 Å². The summed E-state index contributed by atoms with van der Waals surface area (Å²) in [6.45, 7) is 0. The smallest absolute Gasteiger partial charge is 0.269 e. The minimum Gasteiger partial charge on any atom is -0.323 e. The number of carbonyl (C=O) groups is 1. The number of nitro groups is 1. The van der Waals surface area contributed by atoms with Crippen LogP contribution in [0.15, 0.2) is 48.5 Å². The number of ketones is 1. The van der Waals surface area contributed by atoms with Crippen LogP contribution in [0.3, 0.4) is 0 Å². The molecule has 2 unspecified atom stereocenters. The van der Waals surface area contributed by atoms with Gasteiger partial charge in [0.25, 0.3) is 5.69 Å². The fourth-order valence-corrected chi connectivity index (χ4v) is 3.05. The summed E-state index contributed by atoms with van der Waals surface area (Å²) in [5.41, 5.74) is 8.62. The van der Waals surface area contributed by atoms with Crippen LogP contribution in [0.5, 0.6) is 0 Å². The molecule has 3 rings (SSSR count). The standard InChI is InChI=1S/C17H16N2O3/c18-16-14(17(20)12-4-2-1-3-5-12)9-7-11-6-8-13(19(21)22)10-15(11)16/h1-6,8,10,14,16H,7,9,18H2. The Bertz CT molecular complexity index is 728. The van der Waals surface area contributed by atoms with Crippen LogP contribution < -0.4 is 5.73 Å². The first-order valence-corrected chi connectivity index (χ1v) is 7.20. The van der Waals surface area contributed by atoms with E-state index in [-0.39, 0.29) is 17.4 Å². The molecule has 0 bridgehead atoms. The monoisotopic (exact) mass is 296 g/mol. The molecule has 2 aromatic carbocycles. The molecule has 0 saturated heterocycles. The lowest BCUT2D eigenvalue weighted by molar-refractivity contribution is -0.385. The molecule has 1 aliphatic carbocycles. The topological polar surface area (TPSA) is 86.2 Å². The van der Waals surface area contributed by atoms with Gasteiger partial charge in [0.05, 0.1) is 4.92 Å². The number of non-ortho nitro benzene ring substituents is 1. The Morgan fingerprint density at radius 3 is 2.59 bits per heavy atom. The van der Waals surface area contributed by atoms with Crippen molar-refractivity contribution in [2.24, 2.45) is 11.7 Å². The average Bonchev–Trinajstić information content (AvgIpc) is 2.55. The zero-order chi connectivity index (χ0) is 15.7. The van der Waals surface area contributed by atoms with E-state index in [9.17, 15) is 14.9 Å². The first-order valence-electron chi connectivity index (χ1n) is 7.20. The molecule has 0 spiro atoms. The van der Waals surface area contributed by atoms with E-state index in [1.807, 2.05) is 18.2 Å². The summed E-state index contributed by atoms with van der Waals surface area (Å²) in [5, 5.41) is 10.9. The van der Waals surface area contributed by atoms with Crippen molar-refractivity contribution in [2.75, 3.05) is 0 Å². The largest absolute Gasteiger partial charge is 0.323 e. The number of aryl methyl sites for hydroxylation is 1. The highest BCUT2D eigenvalue weighted by molar-refractivity contribution is 5.98. The minimum absolute atomic E-state index is 0.00487. The van der Waals surface area contributed by atoms with Gasteiger partial charge in [-0.15, -0.1) is 0 Å². The van der Waals surface area contributed by atoms with Crippen molar-refractivity contribution in [2.45, 2.75) is 18.9 Å². The summed E-state index contributed by atoms with van der Waals surface area (Å²) in [7, 11) is 0. The van der Waals surface area contributed by atoms with Crippen LogP contribution in [0.25, 0.3) is 0 Å². The van der Waals surface area contributed by atoms with Crippen LogP contribution in [0.4, 0.5) is 5.69 Å². The van der Waals surface area contributed by atoms with E-state index >= 15 is 0 Å². The fourth-order valence-electron chi connectivity index (χ4n) is 3.05. The van der Waals surface area contributed by atoms with E-state index in [0.717, 1.165) is 11.1 Å². The Hall–Kier alpha value is -2.53. The number of Topliss-reactive ketones (excluding diaryl/α,β-unsaturated/α-hetero) is 1. The molecule has 0 aliphatic heterocycles. The molecule has 0 fully saturated rings. The maximum atomic E-state index is 12.6. The lowest BCUT2D eigenvalue weighted by Gasteiger charge is -2.30. The molecule has 2 N–H and O–H groups in total. The van der Waals surface area contributed by atoms with E-state index in [4.69, 9.17) is 5.73 Å². The minimum atomic E-state index is -0.503. The first-order chi connectivity index (χ1) is 10.6. The lowest BCUT2D eigenvalue weighted by Crippen LogP contribution is -2.33.